The highest BCUT2D eigenvalue weighted by atomic mass is 32.2. The van der Waals surface area contributed by atoms with Crippen molar-refractivity contribution in [2.45, 2.75) is 19.0 Å². The predicted octanol–water partition coefficient (Wildman–Crippen LogP) is -0.719. The molecule has 0 aliphatic carbocycles. The summed E-state index contributed by atoms with van der Waals surface area (Å²) in [5.74, 6) is -2.37. The SMILES string of the molecule is CN(Cc1ccccc1)S(=O)(=O)N[C@H](CC(N)=O)C(=O)O. The molecule has 0 saturated carbocycles. The molecule has 1 aromatic carbocycles. The zero-order chi connectivity index (χ0) is 16.0. The Hall–Kier alpha value is -1.97. The summed E-state index contributed by atoms with van der Waals surface area (Å²) in [6.45, 7) is 0.0685. The van der Waals surface area contributed by atoms with Gasteiger partial charge in [0.1, 0.15) is 6.04 Å². The monoisotopic (exact) mass is 315 g/mol. The lowest BCUT2D eigenvalue weighted by Crippen LogP contribution is -2.48. The zero-order valence-corrected chi connectivity index (χ0v) is 12.2. The van der Waals surface area contributed by atoms with Crippen molar-refractivity contribution in [1.29, 1.82) is 0 Å². The Morgan fingerprint density at radius 3 is 2.38 bits per heavy atom. The van der Waals surface area contributed by atoms with E-state index < -0.39 is 34.5 Å². The summed E-state index contributed by atoms with van der Waals surface area (Å²) < 4.78 is 27.0. The van der Waals surface area contributed by atoms with Crippen molar-refractivity contribution in [2.75, 3.05) is 7.05 Å². The first-order valence-electron chi connectivity index (χ1n) is 6.01. The molecule has 0 bridgehead atoms. The Balaban J connectivity index is 2.79. The fraction of sp³-hybridized carbons (Fsp3) is 0.333. The van der Waals surface area contributed by atoms with Gasteiger partial charge in [-0.05, 0) is 5.56 Å². The van der Waals surface area contributed by atoms with E-state index >= 15 is 0 Å². The quantitative estimate of drug-likeness (QED) is 0.583. The van der Waals surface area contributed by atoms with E-state index in [0.717, 1.165) is 9.87 Å². The summed E-state index contributed by atoms with van der Waals surface area (Å²) >= 11 is 0. The van der Waals surface area contributed by atoms with Crippen molar-refractivity contribution in [2.24, 2.45) is 5.73 Å². The standard InChI is InChI=1S/C12H17N3O5S/c1-15(8-9-5-3-2-4-6-9)21(19,20)14-10(12(17)18)7-11(13)16/h2-6,10,14H,7-8H2,1H3,(H2,13,16)(H,17,18)/t10-/m1/s1. The highest BCUT2D eigenvalue weighted by Gasteiger charge is 2.28. The first-order chi connectivity index (χ1) is 9.72. The van der Waals surface area contributed by atoms with Gasteiger partial charge in [0.05, 0.1) is 6.42 Å². The molecule has 0 fully saturated rings. The molecule has 0 unspecified atom stereocenters. The van der Waals surface area contributed by atoms with Crippen molar-refractivity contribution in [3.8, 4) is 0 Å². The molecule has 116 valence electrons. The number of nitrogens with zero attached hydrogens (tertiary/aromatic N) is 1. The summed E-state index contributed by atoms with van der Waals surface area (Å²) in [6, 6.07) is 7.20. The second-order valence-corrected chi connectivity index (χ2v) is 6.23. The first-order valence-corrected chi connectivity index (χ1v) is 7.45. The number of nitrogens with one attached hydrogen (secondary N) is 1. The number of carbonyl (C=O) groups excluding carboxylic acids is 1. The third-order valence-corrected chi connectivity index (χ3v) is 4.19. The number of carboxylic acids is 1. The van der Waals surface area contributed by atoms with E-state index in [1.165, 1.54) is 7.05 Å². The molecule has 0 spiro atoms. The van der Waals surface area contributed by atoms with Gasteiger partial charge in [0.15, 0.2) is 0 Å². The van der Waals surface area contributed by atoms with Gasteiger partial charge in [0.25, 0.3) is 10.2 Å². The third-order valence-electron chi connectivity index (χ3n) is 2.65. The number of amides is 1. The van der Waals surface area contributed by atoms with Crippen LogP contribution in [0.25, 0.3) is 0 Å². The summed E-state index contributed by atoms with van der Waals surface area (Å²) in [7, 11) is -2.75. The smallest absolute Gasteiger partial charge is 0.322 e. The van der Waals surface area contributed by atoms with E-state index in [1.807, 2.05) is 4.72 Å². The van der Waals surface area contributed by atoms with E-state index in [9.17, 15) is 18.0 Å². The zero-order valence-electron chi connectivity index (χ0n) is 11.4. The molecule has 0 aromatic heterocycles. The Labute approximate surface area is 122 Å². The minimum absolute atomic E-state index is 0.0685. The number of primary amides is 1. The van der Waals surface area contributed by atoms with E-state index in [4.69, 9.17) is 10.8 Å². The van der Waals surface area contributed by atoms with Crippen LogP contribution in [0.3, 0.4) is 0 Å². The van der Waals surface area contributed by atoms with Crippen molar-refractivity contribution < 1.29 is 23.1 Å². The predicted molar refractivity (Wildman–Crippen MR) is 75.2 cm³/mol. The fourth-order valence-corrected chi connectivity index (χ4v) is 2.62. The van der Waals surface area contributed by atoms with E-state index in [-0.39, 0.29) is 6.54 Å². The van der Waals surface area contributed by atoms with Crippen LogP contribution in [0.1, 0.15) is 12.0 Å². The van der Waals surface area contributed by atoms with Gasteiger partial charge in [-0.1, -0.05) is 30.3 Å². The molecule has 21 heavy (non-hydrogen) atoms. The normalized spacial score (nSPS) is 13.0. The van der Waals surface area contributed by atoms with Crippen LogP contribution in [-0.4, -0.2) is 42.8 Å². The molecule has 1 amide bonds. The van der Waals surface area contributed by atoms with Gasteiger partial charge in [-0.15, -0.1) is 0 Å². The maximum Gasteiger partial charge on any atom is 0.322 e. The summed E-state index contributed by atoms with van der Waals surface area (Å²) in [5, 5.41) is 8.90. The van der Waals surface area contributed by atoms with Crippen LogP contribution in [-0.2, 0) is 26.3 Å². The lowest BCUT2D eigenvalue weighted by Gasteiger charge is -2.20. The number of rotatable bonds is 8. The molecule has 0 aliphatic rings. The van der Waals surface area contributed by atoms with E-state index in [0.29, 0.717) is 0 Å². The minimum atomic E-state index is -4.05. The number of hydrogen-bond acceptors (Lipinski definition) is 4. The maximum absolute atomic E-state index is 12.0. The molecule has 0 aliphatic heterocycles. The molecule has 9 heteroatoms. The van der Waals surface area contributed by atoms with Crippen LogP contribution >= 0.6 is 0 Å². The Bertz CT molecular complexity index is 603. The third kappa shape index (κ3) is 5.50. The number of carbonyl (C=O) groups is 2. The average molecular weight is 315 g/mol. The first kappa shape index (κ1) is 17.1. The molecular weight excluding hydrogens is 298 g/mol. The molecule has 1 aromatic rings. The van der Waals surface area contributed by atoms with Crippen LogP contribution in [0.4, 0.5) is 0 Å². The molecule has 4 N–H and O–H groups in total. The van der Waals surface area contributed by atoms with Crippen molar-refractivity contribution >= 4 is 22.1 Å². The molecule has 0 saturated heterocycles. The van der Waals surface area contributed by atoms with Crippen LogP contribution in [0, 0.1) is 0 Å². The Morgan fingerprint density at radius 2 is 1.90 bits per heavy atom. The summed E-state index contributed by atoms with van der Waals surface area (Å²) in [6.07, 6.45) is -0.617. The lowest BCUT2D eigenvalue weighted by molar-refractivity contribution is -0.140. The van der Waals surface area contributed by atoms with Gasteiger partial charge in [-0.3, -0.25) is 9.59 Å². The number of aliphatic carboxylic acids is 1. The summed E-state index contributed by atoms with van der Waals surface area (Å²) in [5.41, 5.74) is 5.64. The van der Waals surface area contributed by atoms with E-state index in [1.54, 1.807) is 30.3 Å². The molecule has 8 nitrogen and oxygen atoms in total. The van der Waals surface area contributed by atoms with Gasteiger partial charge in [0.2, 0.25) is 5.91 Å². The molecular formula is C12H17N3O5S. The molecule has 0 heterocycles. The second kappa shape index (κ2) is 7.16. The van der Waals surface area contributed by atoms with Gasteiger partial charge in [0, 0.05) is 13.6 Å². The molecule has 0 radical (unpaired) electrons. The van der Waals surface area contributed by atoms with Crippen LogP contribution in [0.5, 0.6) is 0 Å². The van der Waals surface area contributed by atoms with Gasteiger partial charge >= 0.3 is 5.97 Å². The summed E-state index contributed by atoms with van der Waals surface area (Å²) in [4.78, 5) is 21.7. The second-order valence-electron chi connectivity index (χ2n) is 4.43. The molecule has 1 atom stereocenters. The van der Waals surface area contributed by atoms with Crippen LogP contribution in [0.15, 0.2) is 30.3 Å². The lowest BCUT2D eigenvalue weighted by atomic mass is 10.2. The Morgan fingerprint density at radius 1 is 1.33 bits per heavy atom. The van der Waals surface area contributed by atoms with Gasteiger partial charge in [-0.2, -0.15) is 17.4 Å². The number of hydrogen-bond donors (Lipinski definition) is 3. The molecule has 1 rings (SSSR count). The largest absolute Gasteiger partial charge is 0.480 e. The number of benzene rings is 1. The van der Waals surface area contributed by atoms with Gasteiger partial charge < -0.3 is 10.8 Å². The topological polar surface area (TPSA) is 130 Å². The Kier molecular flexibility index (Phi) is 5.82. The van der Waals surface area contributed by atoms with Crippen molar-refractivity contribution in [1.82, 2.24) is 9.03 Å². The van der Waals surface area contributed by atoms with Crippen molar-refractivity contribution in [3.05, 3.63) is 35.9 Å². The van der Waals surface area contributed by atoms with Crippen LogP contribution in [0.2, 0.25) is 0 Å². The number of nitrogens with two attached hydrogens (primary N) is 1. The highest BCUT2D eigenvalue weighted by Crippen LogP contribution is 2.07. The highest BCUT2D eigenvalue weighted by molar-refractivity contribution is 7.87. The van der Waals surface area contributed by atoms with Crippen LogP contribution < -0.4 is 10.5 Å². The van der Waals surface area contributed by atoms with Crippen molar-refractivity contribution in [3.63, 3.8) is 0 Å². The maximum atomic E-state index is 12.0. The van der Waals surface area contributed by atoms with Gasteiger partial charge in [-0.25, -0.2) is 0 Å². The van der Waals surface area contributed by atoms with E-state index in [2.05, 4.69) is 0 Å². The minimum Gasteiger partial charge on any atom is -0.480 e. The number of carboxylic acid groups (broad SMARTS) is 1. The average Bonchev–Trinajstić information content (AvgIpc) is 2.38. The fourth-order valence-electron chi connectivity index (χ4n) is 1.58.